The normalized spacial score (nSPS) is 15.1. The minimum atomic E-state index is -0.506. The standard InChI is InChI=1S/C20H23N5O5/c1-5-29-15-7-12-6-11(2)30-14(12)8-13(15)22-16(26)9-25-10-21-18-17(25)19(27)24(4)20(28)23(18)3/h7-8,10-11H,5-6,9H2,1-4H3,(H,22,26)/t11-/m0/s1. The first-order chi connectivity index (χ1) is 14.3. The van der Waals surface area contributed by atoms with E-state index in [0.29, 0.717) is 18.0 Å². The molecule has 4 rings (SSSR count). The molecular weight excluding hydrogens is 390 g/mol. The molecule has 0 saturated carbocycles. The van der Waals surface area contributed by atoms with E-state index < -0.39 is 11.2 Å². The van der Waals surface area contributed by atoms with Gasteiger partial charge in [0.15, 0.2) is 11.2 Å². The first kappa shape index (κ1) is 19.7. The van der Waals surface area contributed by atoms with Crippen molar-refractivity contribution in [1.82, 2.24) is 18.7 Å². The molecule has 0 unspecified atom stereocenters. The molecule has 2 aromatic heterocycles. The number of benzene rings is 1. The van der Waals surface area contributed by atoms with Crippen molar-refractivity contribution in [3.8, 4) is 11.5 Å². The summed E-state index contributed by atoms with van der Waals surface area (Å²) in [6.07, 6.45) is 2.23. The number of amides is 1. The van der Waals surface area contributed by atoms with Crippen LogP contribution in [0, 0.1) is 0 Å². The van der Waals surface area contributed by atoms with E-state index in [0.717, 1.165) is 22.3 Å². The molecular formula is C20H23N5O5. The Bertz CT molecular complexity index is 1270. The number of carbonyl (C=O) groups excluding carboxylic acids is 1. The van der Waals surface area contributed by atoms with Gasteiger partial charge in [0.25, 0.3) is 5.56 Å². The zero-order valence-corrected chi connectivity index (χ0v) is 17.3. The lowest BCUT2D eigenvalue weighted by atomic mass is 10.1. The average molecular weight is 413 g/mol. The number of nitrogens with one attached hydrogen (secondary N) is 1. The minimum absolute atomic E-state index is 0.0700. The summed E-state index contributed by atoms with van der Waals surface area (Å²) in [7, 11) is 2.92. The van der Waals surface area contributed by atoms with E-state index in [1.165, 1.54) is 29.6 Å². The van der Waals surface area contributed by atoms with Gasteiger partial charge in [-0.2, -0.15) is 0 Å². The lowest BCUT2D eigenvalue weighted by molar-refractivity contribution is -0.116. The van der Waals surface area contributed by atoms with Gasteiger partial charge in [-0.1, -0.05) is 0 Å². The Morgan fingerprint density at radius 3 is 2.80 bits per heavy atom. The van der Waals surface area contributed by atoms with Crippen molar-refractivity contribution in [2.24, 2.45) is 14.1 Å². The number of aromatic nitrogens is 4. The first-order valence-corrected chi connectivity index (χ1v) is 9.67. The second kappa shape index (κ2) is 7.36. The zero-order valence-electron chi connectivity index (χ0n) is 17.3. The highest BCUT2D eigenvalue weighted by molar-refractivity contribution is 5.93. The van der Waals surface area contributed by atoms with E-state index in [2.05, 4.69) is 10.3 Å². The van der Waals surface area contributed by atoms with E-state index in [4.69, 9.17) is 9.47 Å². The maximum absolute atomic E-state index is 12.8. The molecule has 1 atom stereocenters. The molecule has 1 N–H and O–H groups in total. The van der Waals surface area contributed by atoms with E-state index in [1.807, 2.05) is 19.9 Å². The highest BCUT2D eigenvalue weighted by atomic mass is 16.5. The molecule has 0 bridgehead atoms. The molecule has 3 heterocycles. The molecule has 158 valence electrons. The van der Waals surface area contributed by atoms with Crippen LogP contribution in [0.5, 0.6) is 11.5 Å². The van der Waals surface area contributed by atoms with Gasteiger partial charge in [-0.3, -0.25) is 18.7 Å². The highest BCUT2D eigenvalue weighted by Crippen LogP contribution is 2.38. The van der Waals surface area contributed by atoms with Gasteiger partial charge in [-0.15, -0.1) is 0 Å². The lowest BCUT2D eigenvalue weighted by Crippen LogP contribution is -2.37. The fourth-order valence-electron chi connectivity index (χ4n) is 3.67. The summed E-state index contributed by atoms with van der Waals surface area (Å²) >= 11 is 0. The number of imidazole rings is 1. The second-order valence-electron chi connectivity index (χ2n) is 7.32. The van der Waals surface area contributed by atoms with Gasteiger partial charge in [0.2, 0.25) is 5.91 Å². The molecule has 10 nitrogen and oxygen atoms in total. The van der Waals surface area contributed by atoms with Gasteiger partial charge in [0.1, 0.15) is 24.1 Å². The fraction of sp³-hybridized carbons (Fsp3) is 0.400. The fourth-order valence-corrected chi connectivity index (χ4v) is 3.67. The highest BCUT2D eigenvalue weighted by Gasteiger charge is 2.23. The molecule has 0 aliphatic carbocycles. The zero-order chi connectivity index (χ0) is 21.6. The van der Waals surface area contributed by atoms with Crippen molar-refractivity contribution >= 4 is 22.8 Å². The summed E-state index contributed by atoms with van der Waals surface area (Å²) in [5.74, 6) is 0.923. The van der Waals surface area contributed by atoms with Crippen LogP contribution in [0.3, 0.4) is 0 Å². The monoisotopic (exact) mass is 413 g/mol. The van der Waals surface area contributed by atoms with E-state index in [9.17, 15) is 14.4 Å². The van der Waals surface area contributed by atoms with Crippen LogP contribution in [0.1, 0.15) is 19.4 Å². The number of ether oxygens (including phenoxy) is 2. The summed E-state index contributed by atoms with van der Waals surface area (Å²) in [5.41, 5.74) is 0.967. The molecule has 10 heteroatoms. The molecule has 1 amide bonds. The summed E-state index contributed by atoms with van der Waals surface area (Å²) < 4.78 is 15.2. The maximum Gasteiger partial charge on any atom is 0.332 e. The third kappa shape index (κ3) is 3.23. The Balaban J connectivity index is 1.64. The number of rotatable bonds is 5. The molecule has 0 saturated heterocycles. The molecule has 1 aromatic carbocycles. The quantitative estimate of drug-likeness (QED) is 0.663. The topological polar surface area (TPSA) is 109 Å². The van der Waals surface area contributed by atoms with Gasteiger partial charge in [-0.25, -0.2) is 9.78 Å². The van der Waals surface area contributed by atoms with Gasteiger partial charge >= 0.3 is 5.69 Å². The number of anilines is 1. The Morgan fingerprint density at radius 2 is 2.07 bits per heavy atom. The second-order valence-corrected chi connectivity index (χ2v) is 7.32. The van der Waals surface area contributed by atoms with Crippen molar-refractivity contribution in [1.29, 1.82) is 0 Å². The van der Waals surface area contributed by atoms with Crippen molar-refractivity contribution in [3.05, 3.63) is 44.9 Å². The Hall–Kier alpha value is -3.56. The first-order valence-electron chi connectivity index (χ1n) is 9.67. The average Bonchev–Trinajstić information content (AvgIpc) is 3.27. The van der Waals surface area contributed by atoms with Crippen LogP contribution in [-0.2, 0) is 31.9 Å². The van der Waals surface area contributed by atoms with Gasteiger partial charge in [0.05, 0.1) is 18.6 Å². The van der Waals surface area contributed by atoms with E-state index in [1.54, 1.807) is 6.07 Å². The molecule has 3 aromatic rings. The van der Waals surface area contributed by atoms with E-state index in [-0.39, 0.29) is 29.7 Å². The van der Waals surface area contributed by atoms with Crippen molar-refractivity contribution in [2.45, 2.75) is 32.9 Å². The number of nitrogens with zero attached hydrogens (tertiary/aromatic N) is 4. The summed E-state index contributed by atoms with van der Waals surface area (Å²) in [5, 5.41) is 2.83. The van der Waals surface area contributed by atoms with Crippen LogP contribution in [0.25, 0.3) is 11.2 Å². The number of hydrogen-bond donors (Lipinski definition) is 1. The number of hydrogen-bond acceptors (Lipinski definition) is 6. The van der Waals surface area contributed by atoms with Crippen LogP contribution < -0.4 is 26.0 Å². The SMILES string of the molecule is CCOc1cc2c(cc1NC(=O)Cn1cnc3c1c(=O)n(C)c(=O)n3C)O[C@@H](C)C2. The van der Waals surface area contributed by atoms with Gasteiger partial charge in [0, 0.05) is 32.1 Å². The largest absolute Gasteiger partial charge is 0.492 e. The third-order valence-electron chi connectivity index (χ3n) is 5.10. The van der Waals surface area contributed by atoms with Gasteiger partial charge in [-0.05, 0) is 19.9 Å². The van der Waals surface area contributed by atoms with Crippen molar-refractivity contribution in [2.75, 3.05) is 11.9 Å². The minimum Gasteiger partial charge on any atom is -0.492 e. The van der Waals surface area contributed by atoms with Gasteiger partial charge < -0.3 is 19.4 Å². The summed E-state index contributed by atoms with van der Waals surface area (Å²) in [6.45, 7) is 4.16. The third-order valence-corrected chi connectivity index (χ3v) is 5.10. The van der Waals surface area contributed by atoms with Crippen molar-refractivity contribution < 1.29 is 14.3 Å². The summed E-state index contributed by atoms with van der Waals surface area (Å²) in [4.78, 5) is 41.5. The van der Waals surface area contributed by atoms with Crippen LogP contribution in [0.4, 0.5) is 5.69 Å². The van der Waals surface area contributed by atoms with Crippen LogP contribution >= 0.6 is 0 Å². The molecule has 0 fully saturated rings. The molecule has 1 aliphatic rings. The summed E-state index contributed by atoms with van der Waals surface area (Å²) in [6, 6.07) is 3.65. The van der Waals surface area contributed by atoms with Crippen molar-refractivity contribution in [3.63, 3.8) is 0 Å². The maximum atomic E-state index is 12.8. The number of fused-ring (bicyclic) bond motifs is 2. The lowest BCUT2D eigenvalue weighted by Gasteiger charge is -2.14. The molecule has 1 aliphatic heterocycles. The van der Waals surface area contributed by atoms with E-state index >= 15 is 0 Å². The number of carbonyl (C=O) groups is 1. The van der Waals surface area contributed by atoms with Crippen LogP contribution in [0.2, 0.25) is 0 Å². The predicted molar refractivity (Wildman–Crippen MR) is 110 cm³/mol. The number of aryl methyl sites for hydroxylation is 1. The molecule has 0 radical (unpaired) electrons. The Labute approximate surface area is 171 Å². The molecule has 30 heavy (non-hydrogen) atoms. The Morgan fingerprint density at radius 1 is 1.30 bits per heavy atom. The van der Waals surface area contributed by atoms with Crippen LogP contribution in [0.15, 0.2) is 28.0 Å². The van der Waals surface area contributed by atoms with Crippen LogP contribution in [-0.4, -0.2) is 37.3 Å². The molecule has 0 spiro atoms. The predicted octanol–water partition coefficient (Wildman–Crippen LogP) is 0.794. The smallest absolute Gasteiger partial charge is 0.332 e. The Kier molecular flexibility index (Phi) is 4.84.